The van der Waals surface area contributed by atoms with Crippen molar-refractivity contribution in [3.63, 3.8) is 0 Å². The minimum Gasteiger partial charge on any atom is -0.409 e. The van der Waals surface area contributed by atoms with Crippen molar-refractivity contribution >= 4 is 11.7 Å². The van der Waals surface area contributed by atoms with Crippen molar-refractivity contribution in [3.8, 4) is 0 Å². The van der Waals surface area contributed by atoms with E-state index in [9.17, 15) is 0 Å². The number of anilines is 1. The molecule has 0 aliphatic carbocycles. The van der Waals surface area contributed by atoms with Crippen LogP contribution in [0, 0.1) is 5.92 Å². The third-order valence-corrected chi connectivity index (χ3v) is 2.90. The fourth-order valence-corrected chi connectivity index (χ4v) is 1.95. The van der Waals surface area contributed by atoms with Gasteiger partial charge < -0.3 is 15.8 Å². The van der Waals surface area contributed by atoms with E-state index in [0.717, 1.165) is 18.9 Å². The van der Waals surface area contributed by atoms with Crippen LogP contribution >= 0.6 is 0 Å². The summed E-state index contributed by atoms with van der Waals surface area (Å²) in [6.07, 6.45) is 2.88. The Kier molecular flexibility index (Phi) is 2.94. The van der Waals surface area contributed by atoms with Gasteiger partial charge in [-0.15, -0.1) is 0 Å². The monoisotopic (exact) mass is 220 g/mol. The first-order chi connectivity index (χ1) is 7.70. The fourth-order valence-electron chi connectivity index (χ4n) is 1.95. The summed E-state index contributed by atoms with van der Waals surface area (Å²) in [6.45, 7) is 4.27. The predicted octanol–water partition coefficient (Wildman–Crippen LogP) is 1.02. The number of nitrogens with zero attached hydrogens (tertiary/aromatic N) is 3. The third kappa shape index (κ3) is 2.08. The Balaban J connectivity index is 2.22. The Morgan fingerprint density at radius 1 is 1.69 bits per heavy atom. The van der Waals surface area contributed by atoms with Crippen molar-refractivity contribution in [3.05, 3.63) is 23.9 Å². The van der Waals surface area contributed by atoms with Crippen molar-refractivity contribution < 1.29 is 5.21 Å². The summed E-state index contributed by atoms with van der Waals surface area (Å²) in [6, 6.07) is 3.59. The minimum absolute atomic E-state index is 0.121. The van der Waals surface area contributed by atoms with Gasteiger partial charge in [-0.3, -0.25) is 0 Å². The van der Waals surface area contributed by atoms with Gasteiger partial charge >= 0.3 is 0 Å². The molecule has 1 aliphatic rings. The average Bonchev–Trinajstić information content (AvgIpc) is 2.75. The van der Waals surface area contributed by atoms with Crippen LogP contribution < -0.4 is 10.6 Å². The maximum atomic E-state index is 8.62. The lowest BCUT2D eigenvalue weighted by molar-refractivity contribution is 0.318. The molecule has 5 nitrogen and oxygen atoms in total. The van der Waals surface area contributed by atoms with Gasteiger partial charge in [0.15, 0.2) is 5.84 Å². The van der Waals surface area contributed by atoms with E-state index in [1.54, 1.807) is 12.3 Å². The van der Waals surface area contributed by atoms with Crippen LogP contribution in [0.1, 0.15) is 18.9 Å². The second-order valence-electron chi connectivity index (χ2n) is 4.23. The van der Waals surface area contributed by atoms with E-state index in [0.29, 0.717) is 11.5 Å². The number of pyridine rings is 1. The molecule has 86 valence electrons. The zero-order valence-corrected chi connectivity index (χ0v) is 9.30. The van der Waals surface area contributed by atoms with Crippen LogP contribution in [0.2, 0.25) is 0 Å². The normalized spacial score (nSPS) is 21.4. The van der Waals surface area contributed by atoms with Gasteiger partial charge in [-0.05, 0) is 24.5 Å². The summed E-state index contributed by atoms with van der Waals surface area (Å²) in [5, 5.41) is 11.6. The number of hydrogen-bond donors (Lipinski definition) is 2. The van der Waals surface area contributed by atoms with Gasteiger partial charge in [0.05, 0.1) is 0 Å². The Bertz CT molecular complexity index is 405. The number of oxime groups is 1. The van der Waals surface area contributed by atoms with Crippen molar-refractivity contribution in [1.82, 2.24) is 4.98 Å². The van der Waals surface area contributed by atoms with Gasteiger partial charge in [0.2, 0.25) is 0 Å². The molecule has 1 unspecified atom stereocenters. The van der Waals surface area contributed by atoms with Crippen LogP contribution in [-0.4, -0.2) is 29.1 Å². The summed E-state index contributed by atoms with van der Waals surface area (Å²) >= 11 is 0. The quantitative estimate of drug-likeness (QED) is 0.338. The number of amidine groups is 1. The summed E-state index contributed by atoms with van der Waals surface area (Å²) in [5.74, 6) is 1.72. The highest BCUT2D eigenvalue weighted by Gasteiger charge is 2.20. The molecule has 2 heterocycles. The van der Waals surface area contributed by atoms with E-state index in [1.807, 2.05) is 6.07 Å². The van der Waals surface area contributed by atoms with Crippen LogP contribution in [0.5, 0.6) is 0 Å². The molecule has 0 saturated carbocycles. The molecule has 1 aromatic heterocycles. The van der Waals surface area contributed by atoms with Gasteiger partial charge in [-0.1, -0.05) is 12.1 Å². The zero-order valence-electron chi connectivity index (χ0n) is 9.30. The van der Waals surface area contributed by atoms with Crippen LogP contribution in [0.4, 0.5) is 5.82 Å². The Morgan fingerprint density at radius 3 is 3.12 bits per heavy atom. The summed E-state index contributed by atoms with van der Waals surface area (Å²) in [4.78, 5) is 6.53. The number of aromatic nitrogens is 1. The first kappa shape index (κ1) is 10.7. The molecule has 2 rings (SSSR count). The van der Waals surface area contributed by atoms with Crippen LogP contribution in [0.25, 0.3) is 0 Å². The van der Waals surface area contributed by atoms with Crippen molar-refractivity contribution in [2.75, 3.05) is 18.0 Å². The number of hydrogen-bond acceptors (Lipinski definition) is 4. The topological polar surface area (TPSA) is 74.7 Å². The van der Waals surface area contributed by atoms with Crippen molar-refractivity contribution in [1.29, 1.82) is 0 Å². The highest BCUT2D eigenvalue weighted by atomic mass is 16.4. The van der Waals surface area contributed by atoms with Crippen LogP contribution in [0.15, 0.2) is 23.5 Å². The van der Waals surface area contributed by atoms with E-state index in [4.69, 9.17) is 10.9 Å². The molecule has 0 bridgehead atoms. The largest absolute Gasteiger partial charge is 0.409 e. The molecule has 1 aliphatic heterocycles. The van der Waals surface area contributed by atoms with E-state index < -0.39 is 0 Å². The smallest absolute Gasteiger partial charge is 0.170 e. The maximum absolute atomic E-state index is 8.62. The van der Waals surface area contributed by atoms with Crippen LogP contribution in [0.3, 0.4) is 0 Å². The maximum Gasteiger partial charge on any atom is 0.170 e. The Labute approximate surface area is 94.6 Å². The molecule has 5 heteroatoms. The SMILES string of the molecule is CC1CCN(c2cc(C(N)=NO)ccn2)C1. The zero-order chi connectivity index (χ0) is 11.5. The standard InChI is InChI=1S/C11H16N4O/c1-8-3-5-15(7-8)10-6-9(2-4-13-10)11(12)14-16/h2,4,6,8,16H,3,5,7H2,1H3,(H2,12,14). The molecule has 0 radical (unpaired) electrons. The lowest BCUT2D eigenvalue weighted by Gasteiger charge is -2.17. The van der Waals surface area contributed by atoms with Crippen LogP contribution in [-0.2, 0) is 0 Å². The molecule has 0 spiro atoms. The highest BCUT2D eigenvalue weighted by Crippen LogP contribution is 2.21. The molecule has 1 aromatic rings. The summed E-state index contributed by atoms with van der Waals surface area (Å²) < 4.78 is 0. The Morgan fingerprint density at radius 2 is 2.50 bits per heavy atom. The van der Waals surface area contributed by atoms with E-state index in [-0.39, 0.29) is 5.84 Å². The van der Waals surface area contributed by atoms with Gasteiger partial charge in [0.25, 0.3) is 0 Å². The highest BCUT2D eigenvalue weighted by molar-refractivity contribution is 5.97. The second kappa shape index (κ2) is 4.38. The van der Waals surface area contributed by atoms with E-state index in [1.165, 1.54) is 6.42 Å². The molecular formula is C11H16N4O. The molecule has 1 atom stereocenters. The number of rotatable bonds is 2. The van der Waals surface area contributed by atoms with Crippen molar-refractivity contribution in [2.45, 2.75) is 13.3 Å². The van der Waals surface area contributed by atoms with Gasteiger partial charge in [-0.2, -0.15) is 0 Å². The average molecular weight is 220 g/mol. The molecule has 16 heavy (non-hydrogen) atoms. The molecule has 1 fully saturated rings. The second-order valence-corrected chi connectivity index (χ2v) is 4.23. The Hall–Kier alpha value is -1.78. The summed E-state index contributed by atoms with van der Waals surface area (Å²) in [7, 11) is 0. The molecular weight excluding hydrogens is 204 g/mol. The summed E-state index contributed by atoms with van der Waals surface area (Å²) in [5.41, 5.74) is 6.24. The molecule has 1 saturated heterocycles. The van der Waals surface area contributed by atoms with E-state index in [2.05, 4.69) is 22.0 Å². The third-order valence-electron chi connectivity index (χ3n) is 2.90. The van der Waals surface area contributed by atoms with Gasteiger partial charge in [-0.25, -0.2) is 4.98 Å². The molecule has 0 aromatic carbocycles. The van der Waals surface area contributed by atoms with E-state index >= 15 is 0 Å². The number of nitrogens with two attached hydrogens (primary N) is 1. The van der Waals surface area contributed by atoms with Gasteiger partial charge in [0.1, 0.15) is 5.82 Å². The minimum atomic E-state index is 0.121. The molecule has 0 amide bonds. The molecule has 3 N–H and O–H groups in total. The lowest BCUT2D eigenvalue weighted by atomic mass is 10.2. The van der Waals surface area contributed by atoms with Crippen molar-refractivity contribution in [2.24, 2.45) is 16.8 Å². The lowest BCUT2D eigenvalue weighted by Crippen LogP contribution is -2.21. The first-order valence-electron chi connectivity index (χ1n) is 5.39. The first-order valence-corrected chi connectivity index (χ1v) is 5.39. The fraction of sp³-hybridized carbons (Fsp3) is 0.455. The van der Waals surface area contributed by atoms with Gasteiger partial charge in [0, 0.05) is 24.8 Å². The predicted molar refractivity (Wildman–Crippen MR) is 62.7 cm³/mol.